The lowest BCUT2D eigenvalue weighted by atomic mass is 9.96. The molecule has 0 bridgehead atoms. The van der Waals surface area contributed by atoms with Gasteiger partial charge in [-0.05, 0) is 66.9 Å². The predicted octanol–water partition coefficient (Wildman–Crippen LogP) is 6.71. The van der Waals surface area contributed by atoms with Crippen LogP contribution in [0.1, 0.15) is 38.8 Å². The zero-order valence-electron chi connectivity index (χ0n) is 24.4. The molecule has 1 aromatic heterocycles. The van der Waals surface area contributed by atoms with Crippen LogP contribution in [-0.2, 0) is 0 Å². The number of aromatic nitrogens is 2. The highest BCUT2D eigenvalue weighted by Crippen LogP contribution is 2.31. The Bertz CT molecular complexity index is 1610. The van der Waals surface area contributed by atoms with E-state index < -0.39 is 0 Å². The van der Waals surface area contributed by atoms with E-state index in [4.69, 9.17) is 9.84 Å². The van der Waals surface area contributed by atoms with E-state index in [0.717, 1.165) is 41.3 Å². The topological polar surface area (TPSA) is 50.6 Å². The lowest BCUT2D eigenvalue weighted by molar-refractivity contribution is 0.0588. The first-order chi connectivity index (χ1) is 20.5. The molecule has 0 saturated carbocycles. The van der Waals surface area contributed by atoms with Gasteiger partial charge in [-0.15, -0.1) is 0 Å². The summed E-state index contributed by atoms with van der Waals surface area (Å²) in [5.74, 6) is 0.781. The summed E-state index contributed by atoms with van der Waals surface area (Å²) < 4.78 is 7.16. The van der Waals surface area contributed by atoms with Crippen molar-refractivity contribution in [2.45, 2.75) is 19.9 Å². The number of hydrogen-bond donors (Lipinski definition) is 0. The van der Waals surface area contributed by atoms with Crippen LogP contribution in [0, 0.1) is 13.8 Å². The third-order valence-electron chi connectivity index (χ3n) is 8.09. The fourth-order valence-corrected chi connectivity index (χ4v) is 5.89. The zero-order chi connectivity index (χ0) is 29.1. The summed E-state index contributed by atoms with van der Waals surface area (Å²) in [6.07, 6.45) is 0. The first-order valence-electron chi connectivity index (χ1n) is 14.5. The monoisotopic (exact) mass is 556 g/mol. The molecule has 6 rings (SSSR count). The number of rotatable bonds is 7. The summed E-state index contributed by atoms with van der Waals surface area (Å²) in [4.78, 5) is 18.6. The highest BCUT2D eigenvalue weighted by molar-refractivity contribution is 5.94. The SMILES string of the molecule is COc1ccc(-c2cc(C(=O)N3CCN(C(c4ccccc4)c4ccccc4)CC3)n(-c3ccc(C)cc3C)n2)cc1. The molecule has 0 aliphatic carbocycles. The molecular formula is C36H36N4O2. The second kappa shape index (κ2) is 12.0. The second-order valence-electron chi connectivity index (χ2n) is 10.9. The maximum Gasteiger partial charge on any atom is 0.272 e. The Morgan fingerprint density at radius 1 is 0.762 bits per heavy atom. The lowest BCUT2D eigenvalue weighted by Crippen LogP contribution is -2.50. The van der Waals surface area contributed by atoms with Crippen molar-refractivity contribution in [1.82, 2.24) is 19.6 Å². The van der Waals surface area contributed by atoms with E-state index in [1.165, 1.54) is 16.7 Å². The largest absolute Gasteiger partial charge is 0.497 e. The molecule has 1 aliphatic heterocycles. The van der Waals surface area contributed by atoms with Gasteiger partial charge in [-0.2, -0.15) is 5.10 Å². The molecule has 5 aromatic rings. The average Bonchev–Trinajstić information content (AvgIpc) is 3.47. The van der Waals surface area contributed by atoms with E-state index in [1.807, 2.05) is 39.9 Å². The number of hydrogen-bond acceptors (Lipinski definition) is 4. The Morgan fingerprint density at radius 2 is 1.38 bits per heavy atom. The summed E-state index contributed by atoms with van der Waals surface area (Å²) in [7, 11) is 1.66. The van der Waals surface area contributed by atoms with Gasteiger partial charge >= 0.3 is 0 Å². The number of benzene rings is 4. The standard InChI is InChI=1S/C36H36N4O2/c1-26-14-19-33(27(2)24-26)40-34(25-32(37-40)28-15-17-31(42-3)18-16-28)36(41)39-22-20-38(21-23-39)35(29-10-6-4-7-11-29)30-12-8-5-9-13-30/h4-19,24-25,35H,20-23H2,1-3H3. The summed E-state index contributed by atoms with van der Waals surface area (Å²) >= 11 is 0. The maximum atomic E-state index is 14.2. The minimum atomic E-state index is -0.00198. The molecule has 1 fully saturated rings. The van der Waals surface area contributed by atoms with Crippen molar-refractivity contribution < 1.29 is 9.53 Å². The number of ether oxygens (including phenoxy) is 1. The Balaban J connectivity index is 1.29. The molecule has 6 nitrogen and oxygen atoms in total. The van der Waals surface area contributed by atoms with Crippen LogP contribution in [0.25, 0.3) is 16.9 Å². The molecule has 6 heteroatoms. The molecular weight excluding hydrogens is 520 g/mol. The van der Waals surface area contributed by atoms with Crippen LogP contribution in [-0.4, -0.2) is 58.8 Å². The van der Waals surface area contributed by atoms with Gasteiger partial charge in [0.2, 0.25) is 0 Å². The van der Waals surface area contributed by atoms with E-state index in [0.29, 0.717) is 18.8 Å². The van der Waals surface area contributed by atoms with Gasteiger partial charge in [0.05, 0.1) is 24.5 Å². The average molecular weight is 557 g/mol. The van der Waals surface area contributed by atoms with Crippen molar-refractivity contribution in [1.29, 1.82) is 0 Å². The Kier molecular flexibility index (Phi) is 7.89. The number of nitrogens with zero attached hydrogens (tertiary/aromatic N) is 4. The van der Waals surface area contributed by atoms with Crippen LogP contribution in [0.4, 0.5) is 0 Å². The Labute approximate surface area is 247 Å². The van der Waals surface area contributed by atoms with Crippen molar-refractivity contribution in [2.24, 2.45) is 0 Å². The molecule has 4 aromatic carbocycles. The van der Waals surface area contributed by atoms with Gasteiger partial charge in [0.15, 0.2) is 0 Å². The van der Waals surface area contributed by atoms with E-state index in [9.17, 15) is 4.79 Å². The highest BCUT2D eigenvalue weighted by Gasteiger charge is 2.30. The van der Waals surface area contributed by atoms with E-state index in [1.54, 1.807) is 7.11 Å². The summed E-state index contributed by atoms with van der Waals surface area (Å²) in [6, 6.07) is 37.4. The van der Waals surface area contributed by atoms with Crippen molar-refractivity contribution in [3.05, 3.63) is 137 Å². The molecule has 0 spiro atoms. The maximum absolute atomic E-state index is 14.2. The molecule has 0 radical (unpaired) electrons. The van der Waals surface area contributed by atoms with Gasteiger partial charge in [0.25, 0.3) is 5.91 Å². The number of carbonyl (C=O) groups is 1. The van der Waals surface area contributed by atoms with Gasteiger partial charge < -0.3 is 9.64 Å². The number of aryl methyl sites for hydroxylation is 2. The Morgan fingerprint density at radius 3 is 1.95 bits per heavy atom. The molecule has 212 valence electrons. The third-order valence-corrected chi connectivity index (χ3v) is 8.09. The number of piperazine rings is 1. The van der Waals surface area contributed by atoms with Crippen LogP contribution >= 0.6 is 0 Å². The number of amides is 1. The third kappa shape index (κ3) is 5.58. The van der Waals surface area contributed by atoms with Crippen LogP contribution in [0.3, 0.4) is 0 Å². The summed E-state index contributed by atoms with van der Waals surface area (Å²) in [6.45, 7) is 6.99. The molecule has 42 heavy (non-hydrogen) atoms. The van der Waals surface area contributed by atoms with Crippen LogP contribution in [0.2, 0.25) is 0 Å². The van der Waals surface area contributed by atoms with Crippen molar-refractivity contribution in [2.75, 3.05) is 33.3 Å². The Hall–Kier alpha value is -4.68. The van der Waals surface area contributed by atoms with E-state index >= 15 is 0 Å². The van der Waals surface area contributed by atoms with Gasteiger partial charge in [0, 0.05) is 31.7 Å². The lowest BCUT2D eigenvalue weighted by Gasteiger charge is -2.39. The summed E-state index contributed by atoms with van der Waals surface area (Å²) in [5, 5.41) is 4.95. The minimum Gasteiger partial charge on any atom is -0.497 e. The summed E-state index contributed by atoms with van der Waals surface area (Å²) in [5.41, 5.74) is 7.96. The molecule has 2 heterocycles. The van der Waals surface area contributed by atoms with E-state index in [-0.39, 0.29) is 11.9 Å². The fraction of sp³-hybridized carbons (Fsp3) is 0.222. The van der Waals surface area contributed by atoms with Crippen molar-refractivity contribution in [3.63, 3.8) is 0 Å². The quantitative estimate of drug-likeness (QED) is 0.224. The predicted molar refractivity (Wildman–Crippen MR) is 167 cm³/mol. The van der Waals surface area contributed by atoms with Gasteiger partial charge in [-0.3, -0.25) is 9.69 Å². The molecule has 0 atom stereocenters. The second-order valence-corrected chi connectivity index (χ2v) is 10.9. The minimum absolute atomic E-state index is 0.00198. The van der Waals surface area contributed by atoms with Crippen LogP contribution in [0.5, 0.6) is 5.75 Å². The van der Waals surface area contributed by atoms with Crippen LogP contribution < -0.4 is 4.74 Å². The van der Waals surface area contributed by atoms with Gasteiger partial charge in [-0.25, -0.2) is 4.68 Å². The van der Waals surface area contributed by atoms with Crippen LogP contribution in [0.15, 0.2) is 109 Å². The van der Waals surface area contributed by atoms with Gasteiger partial charge in [-0.1, -0.05) is 78.4 Å². The van der Waals surface area contributed by atoms with Gasteiger partial charge in [0.1, 0.15) is 11.4 Å². The first-order valence-corrected chi connectivity index (χ1v) is 14.5. The molecule has 0 N–H and O–H groups in total. The molecule has 1 amide bonds. The molecule has 0 unspecified atom stereocenters. The normalized spacial score (nSPS) is 13.9. The molecule has 1 saturated heterocycles. The zero-order valence-corrected chi connectivity index (χ0v) is 24.4. The molecule has 1 aliphatic rings. The van der Waals surface area contributed by atoms with Crippen molar-refractivity contribution >= 4 is 5.91 Å². The number of methoxy groups -OCH3 is 1. The fourth-order valence-electron chi connectivity index (χ4n) is 5.89. The smallest absolute Gasteiger partial charge is 0.272 e. The number of carbonyl (C=O) groups excluding carboxylic acids is 1. The van der Waals surface area contributed by atoms with Crippen molar-refractivity contribution in [3.8, 4) is 22.7 Å². The highest BCUT2D eigenvalue weighted by atomic mass is 16.5. The van der Waals surface area contributed by atoms with E-state index in [2.05, 4.69) is 97.6 Å². The first kappa shape index (κ1) is 27.5.